The number of nitrogens with zero attached hydrogens (tertiary/aromatic N) is 1. The van der Waals surface area contributed by atoms with Gasteiger partial charge in [-0.25, -0.2) is 13.8 Å². The van der Waals surface area contributed by atoms with Crippen LogP contribution in [0.25, 0.3) is 5.69 Å². The summed E-state index contributed by atoms with van der Waals surface area (Å²) in [5, 5.41) is -0.277. The van der Waals surface area contributed by atoms with Gasteiger partial charge < -0.3 is 9.47 Å². The maximum atomic E-state index is 14.4. The average molecular weight is 408 g/mol. The first-order valence-corrected chi connectivity index (χ1v) is 7.92. The van der Waals surface area contributed by atoms with Crippen LogP contribution in [0.3, 0.4) is 0 Å². The van der Waals surface area contributed by atoms with Crippen LogP contribution in [0.1, 0.15) is 29.8 Å². The van der Waals surface area contributed by atoms with Crippen LogP contribution in [0.2, 0.25) is 5.02 Å². The summed E-state index contributed by atoms with van der Waals surface area (Å²) in [5.41, 5.74) is -3.22. The van der Waals surface area contributed by atoms with Crippen molar-refractivity contribution in [3.63, 3.8) is 0 Å². The lowest BCUT2D eigenvalue weighted by Gasteiger charge is -2.16. The van der Waals surface area contributed by atoms with Crippen molar-refractivity contribution in [1.82, 2.24) is 4.57 Å². The first-order chi connectivity index (χ1) is 12.5. The summed E-state index contributed by atoms with van der Waals surface area (Å²) in [7, 11) is 1.02. The molecule has 0 bridgehead atoms. The Hall–Kier alpha value is -2.55. The average Bonchev–Trinajstić information content (AvgIpc) is 2.53. The van der Waals surface area contributed by atoms with E-state index in [1.165, 1.54) is 0 Å². The number of hydrogen-bond donors (Lipinski definition) is 0. The second-order valence-electron chi connectivity index (χ2n) is 5.70. The Labute approximate surface area is 156 Å². The predicted octanol–water partition coefficient (Wildman–Crippen LogP) is 4.22. The largest absolute Gasteiger partial charge is 0.482 e. The van der Waals surface area contributed by atoms with Crippen molar-refractivity contribution in [3.8, 4) is 11.6 Å². The van der Waals surface area contributed by atoms with E-state index in [1.54, 1.807) is 13.8 Å². The van der Waals surface area contributed by atoms with Gasteiger partial charge in [0.2, 0.25) is 5.88 Å². The molecule has 146 valence electrons. The SMILES string of the molecule is COc1cc(C(F)(F)F)cc(=O)n1-c1cc(C(=O)OC(C)C)c(Cl)cc1F. The van der Waals surface area contributed by atoms with Crippen molar-refractivity contribution in [2.45, 2.75) is 26.1 Å². The van der Waals surface area contributed by atoms with Crippen LogP contribution in [0.4, 0.5) is 17.6 Å². The van der Waals surface area contributed by atoms with Crippen molar-refractivity contribution in [3.05, 3.63) is 56.6 Å². The highest BCUT2D eigenvalue weighted by atomic mass is 35.5. The second kappa shape index (κ2) is 7.59. The lowest BCUT2D eigenvalue weighted by molar-refractivity contribution is -0.137. The molecule has 2 aromatic rings. The highest BCUT2D eigenvalue weighted by Gasteiger charge is 2.33. The summed E-state index contributed by atoms with van der Waals surface area (Å²) in [6.07, 6.45) is -5.29. The van der Waals surface area contributed by atoms with Crippen LogP contribution in [0, 0.1) is 5.82 Å². The molecule has 2 rings (SSSR count). The molecule has 0 aliphatic rings. The highest BCUT2D eigenvalue weighted by molar-refractivity contribution is 6.33. The predicted molar refractivity (Wildman–Crippen MR) is 89.1 cm³/mol. The van der Waals surface area contributed by atoms with E-state index in [9.17, 15) is 27.2 Å². The van der Waals surface area contributed by atoms with Crippen molar-refractivity contribution in [2.24, 2.45) is 0 Å². The van der Waals surface area contributed by atoms with Gasteiger partial charge in [0, 0.05) is 12.1 Å². The van der Waals surface area contributed by atoms with Crippen molar-refractivity contribution >= 4 is 17.6 Å². The number of ether oxygens (including phenoxy) is 2. The van der Waals surface area contributed by atoms with Gasteiger partial charge in [0.25, 0.3) is 5.56 Å². The van der Waals surface area contributed by atoms with E-state index in [1.807, 2.05) is 0 Å². The van der Waals surface area contributed by atoms with Gasteiger partial charge in [0.15, 0.2) is 0 Å². The van der Waals surface area contributed by atoms with Crippen LogP contribution < -0.4 is 10.3 Å². The van der Waals surface area contributed by atoms with Gasteiger partial charge in [-0.15, -0.1) is 0 Å². The van der Waals surface area contributed by atoms with E-state index in [4.69, 9.17) is 21.1 Å². The third kappa shape index (κ3) is 4.41. The molecule has 10 heteroatoms. The van der Waals surface area contributed by atoms with E-state index in [0.717, 1.165) is 19.2 Å². The molecule has 0 saturated heterocycles. The number of aromatic nitrogens is 1. The Bertz CT molecular complexity index is 938. The molecule has 27 heavy (non-hydrogen) atoms. The second-order valence-corrected chi connectivity index (χ2v) is 6.10. The Morgan fingerprint density at radius 2 is 1.81 bits per heavy atom. The van der Waals surface area contributed by atoms with E-state index in [2.05, 4.69) is 0 Å². The van der Waals surface area contributed by atoms with E-state index in [0.29, 0.717) is 16.7 Å². The van der Waals surface area contributed by atoms with Crippen LogP contribution in [-0.4, -0.2) is 23.8 Å². The van der Waals surface area contributed by atoms with Crippen molar-refractivity contribution < 1.29 is 31.8 Å². The molecule has 0 saturated carbocycles. The monoisotopic (exact) mass is 407 g/mol. The maximum Gasteiger partial charge on any atom is 0.416 e. The summed E-state index contributed by atoms with van der Waals surface area (Å²) < 4.78 is 63.4. The molecule has 1 heterocycles. The number of carbonyl (C=O) groups is 1. The van der Waals surface area contributed by atoms with Gasteiger partial charge in [-0.1, -0.05) is 11.6 Å². The molecule has 0 aliphatic carbocycles. The van der Waals surface area contributed by atoms with Gasteiger partial charge in [0.05, 0.1) is 35.1 Å². The number of esters is 1. The summed E-state index contributed by atoms with van der Waals surface area (Å²) >= 11 is 5.86. The van der Waals surface area contributed by atoms with E-state index < -0.39 is 46.8 Å². The lowest BCUT2D eigenvalue weighted by atomic mass is 10.1. The Balaban J connectivity index is 2.71. The van der Waals surface area contributed by atoms with Gasteiger partial charge in [-0.3, -0.25) is 4.79 Å². The summed E-state index contributed by atoms with van der Waals surface area (Å²) in [4.78, 5) is 24.3. The molecule has 0 amide bonds. The van der Waals surface area contributed by atoms with Gasteiger partial charge in [-0.2, -0.15) is 13.2 Å². The molecular weight excluding hydrogens is 394 g/mol. The molecule has 0 atom stereocenters. The van der Waals surface area contributed by atoms with Crippen molar-refractivity contribution in [2.75, 3.05) is 7.11 Å². The molecule has 0 radical (unpaired) electrons. The minimum Gasteiger partial charge on any atom is -0.482 e. The molecule has 0 N–H and O–H groups in total. The third-order valence-corrected chi connectivity index (χ3v) is 3.69. The van der Waals surface area contributed by atoms with Gasteiger partial charge in [-0.05, 0) is 26.0 Å². The zero-order chi connectivity index (χ0) is 20.5. The Morgan fingerprint density at radius 1 is 1.19 bits per heavy atom. The zero-order valence-corrected chi connectivity index (χ0v) is 15.1. The first kappa shape index (κ1) is 20.8. The third-order valence-electron chi connectivity index (χ3n) is 3.38. The number of pyridine rings is 1. The Morgan fingerprint density at radius 3 is 2.33 bits per heavy atom. The number of halogens is 5. The number of carbonyl (C=O) groups excluding carboxylic acids is 1. The summed E-state index contributed by atoms with van der Waals surface area (Å²) in [6, 6.07) is 2.52. The van der Waals surface area contributed by atoms with E-state index in [-0.39, 0.29) is 10.6 Å². The molecule has 1 aromatic carbocycles. The number of benzene rings is 1. The van der Waals surface area contributed by atoms with Crippen LogP contribution >= 0.6 is 11.6 Å². The Kier molecular flexibility index (Phi) is 5.84. The standard InChI is InChI=1S/C17H14ClF4NO4/c1-8(2)27-16(25)10-6-13(12(19)7-11(10)18)23-14(24)4-9(17(20,21)22)5-15(23)26-3/h4-8H,1-3H3. The smallest absolute Gasteiger partial charge is 0.416 e. The zero-order valence-electron chi connectivity index (χ0n) is 14.4. The van der Waals surface area contributed by atoms with Crippen molar-refractivity contribution in [1.29, 1.82) is 0 Å². The highest BCUT2D eigenvalue weighted by Crippen LogP contribution is 2.32. The number of rotatable bonds is 4. The van der Waals surface area contributed by atoms with Crippen LogP contribution in [-0.2, 0) is 10.9 Å². The lowest BCUT2D eigenvalue weighted by Crippen LogP contribution is -2.23. The normalized spacial score (nSPS) is 11.6. The molecule has 0 fully saturated rings. The molecule has 0 unspecified atom stereocenters. The first-order valence-electron chi connectivity index (χ1n) is 7.54. The fourth-order valence-electron chi connectivity index (χ4n) is 2.24. The van der Waals surface area contributed by atoms with E-state index >= 15 is 0 Å². The molecule has 0 spiro atoms. The molecule has 5 nitrogen and oxygen atoms in total. The fraction of sp³-hybridized carbons (Fsp3) is 0.294. The molecular formula is C17H14ClF4NO4. The quantitative estimate of drug-likeness (QED) is 0.562. The number of hydrogen-bond acceptors (Lipinski definition) is 4. The molecule has 1 aromatic heterocycles. The fourth-order valence-corrected chi connectivity index (χ4v) is 2.47. The minimum atomic E-state index is -4.80. The number of alkyl halides is 3. The topological polar surface area (TPSA) is 57.5 Å². The minimum absolute atomic E-state index is 0.254. The van der Waals surface area contributed by atoms with Crippen LogP contribution in [0.5, 0.6) is 5.88 Å². The molecule has 0 aliphatic heterocycles. The van der Waals surface area contributed by atoms with Gasteiger partial charge in [0.1, 0.15) is 5.82 Å². The maximum absolute atomic E-state index is 14.4. The van der Waals surface area contributed by atoms with Gasteiger partial charge >= 0.3 is 12.1 Å². The summed E-state index contributed by atoms with van der Waals surface area (Å²) in [5.74, 6) is -2.49. The van der Waals surface area contributed by atoms with Crippen LogP contribution in [0.15, 0.2) is 29.1 Å². The summed E-state index contributed by atoms with van der Waals surface area (Å²) in [6.45, 7) is 3.17. The number of methoxy groups -OCH3 is 1.